The maximum atomic E-state index is 14.2. The van der Waals surface area contributed by atoms with Gasteiger partial charge in [-0.15, -0.1) is 0 Å². The van der Waals surface area contributed by atoms with E-state index in [2.05, 4.69) is 34.7 Å². The Labute approximate surface area is 119 Å². The van der Waals surface area contributed by atoms with Crippen molar-refractivity contribution in [2.45, 2.75) is 18.6 Å². The highest BCUT2D eigenvalue weighted by Gasteiger charge is 2.29. The highest BCUT2D eigenvalue weighted by Crippen LogP contribution is 2.35. The molecule has 1 aromatic rings. The van der Waals surface area contributed by atoms with Gasteiger partial charge in [-0.1, -0.05) is 0 Å². The summed E-state index contributed by atoms with van der Waals surface area (Å²) in [5, 5.41) is 8.86. The quantitative estimate of drug-likeness (QED) is 0.784. The van der Waals surface area contributed by atoms with Crippen LogP contribution < -0.4 is 4.90 Å². The van der Waals surface area contributed by atoms with Gasteiger partial charge in [0.2, 0.25) is 0 Å². The molecule has 5 heteroatoms. The van der Waals surface area contributed by atoms with Gasteiger partial charge >= 0.3 is 0 Å². The van der Waals surface area contributed by atoms with Crippen LogP contribution in [0.3, 0.4) is 0 Å². The monoisotopic (exact) mass is 328 g/mol. The standard InChI is InChI=1S/C13H14BrFN2S/c1-13(2)8-17(5-6-18-13)10-4-3-9(7-16)11(14)12(10)15/h3-4H,5-6,8H2,1-2H3. The Balaban J connectivity index is 2.35. The summed E-state index contributed by atoms with van der Waals surface area (Å²) in [6.07, 6.45) is 0. The Morgan fingerprint density at radius 3 is 2.83 bits per heavy atom. The van der Waals surface area contributed by atoms with Crippen LogP contribution in [-0.2, 0) is 0 Å². The minimum Gasteiger partial charge on any atom is -0.367 e. The predicted molar refractivity (Wildman–Crippen MR) is 77.6 cm³/mol. The third-order valence-corrected chi connectivity index (χ3v) is 5.02. The van der Waals surface area contributed by atoms with Crippen LogP contribution in [0, 0.1) is 17.1 Å². The van der Waals surface area contributed by atoms with Crippen LogP contribution in [0.5, 0.6) is 0 Å². The van der Waals surface area contributed by atoms with Gasteiger partial charge in [0.1, 0.15) is 6.07 Å². The molecule has 0 aromatic heterocycles. The lowest BCUT2D eigenvalue weighted by molar-refractivity contribution is 0.593. The molecule has 1 aromatic carbocycles. The van der Waals surface area contributed by atoms with Crippen molar-refractivity contribution in [1.82, 2.24) is 0 Å². The molecule has 18 heavy (non-hydrogen) atoms. The lowest BCUT2D eigenvalue weighted by Gasteiger charge is -2.39. The van der Waals surface area contributed by atoms with Gasteiger partial charge in [0.05, 0.1) is 15.7 Å². The molecular formula is C13H14BrFN2S. The molecule has 1 aliphatic heterocycles. The van der Waals surface area contributed by atoms with Crippen molar-refractivity contribution in [2.75, 3.05) is 23.7 Å². The van der Waals surface area contributed by atoms with Crippen LogP contribution in [-0.4, -0.2) is 23.6 Å². The molecule has 0 N–H and O–H groups in total. The van der Waals surface area contributed by atoms with E-state index in [0.29, 0.717) is 11.3 Å². The number of nitriles is 1. The fourth-order valence-corrected chi connectivity index (χ4v) is 3.63. The van der Waals surface area contributed by atoms with E-state index in [4.69, 9.17) is 5.26 Å². The normalized spacial score (nSPS) is 18.5. The summed E-state index contributed by atoms with van der Waals surface area (Å²) in [4.78, 5) is 2.05. The van der Waals surface area contributed by atoms with E-state index in [9.17, 15) is 4.39 Å². The van der Waals surface area contributed by atoms with E-state index in [1.54, 1.807) is 12.1 Å². The van der Waals surface area contributed by atoms with Gasteiger partial charge in [0.15, 0.2) is 5.82 Å². The Morgan fingerprint density at radius 1 is 1.50 bits per heavy atom. The van der Waals surface area contributed by atoms with E-state index < -0.39 is 0 Å². The van der Waals surface area contributed by atoms with Gasteiger partial charge in [-0.05, 0) is 41.9 Å². The number of benzene rings is 1. The van der Waals surface area contributed by atoms with Crippen LogP contribution >= 0.6 is 27.7 Å². The molecule has 0 aliphatic carbocycles. The number of hydrogen-bond donors (Lipinski definition) is 0. The molecule has 1 heterocycles. The first-order valence-corrected chi connectivity index (χ1v) is 7.49. The van der Waals surface area contributed by atoms with Gasteiger partial charge in [0.25, 0.3) is 0 Å². The highest BCUT2D eigenvalue weighted by molar-refractivity contribution is 9.10. The summed E-state index contributed by atoms with van der Waals surface area (Å²) >= 11 is 5.07. The predicted octanol–water partition coefficient (Wildman–Crippen LogP) is 3.79. The van der Waals surface area contributed by atoms with Crippen LogP contribution in [0.1, 0.15) is 19.4 Å². The first-order chi connectivity index (χ1) is 8.44. The minimum atomic E-state index is -0.336. The maximum absolute atomic E-state index is 14.2. The number of anilines is 1. The second-order valence-electron chi connectivity index (χ2n) is 4.90. The number of nitrogens with zero attached hydrogens (tertiary/aromatic N) is 2. The molecule has 0 saturated carbocycles. The van der Waals surface area contributed by atoms with Crippen molar-refractivity contribution < 1.29 is 4.39 Å². The summed E-state index contributed by atoms with van der Waals surface area (Å²) in [6.45, 7) is 5.98. The van der Waals surface area contributed by atoms with Gasteiger partial charge in [0, 0.05) is 23.6 Å². The van der Waals surface area contributed by atoms with Crippen molar-refractivity contribution in [3.63, 3.8) is 0 Å². The summed E-state index contributed by atoms with van der Waals surface area (Å²) in [5.41, 5.74) is 0.913. The molecule has 0 bridgehead atoms. The second-order valence-corrected chi connectivity index (χ2v) is 7.50. The molecular weight excluding hydrogens is 315 g/mol. The largest absolute Gasteiger partial charge is 0.367 e. The van der Waals surface area contributed by atoms with Crippen molar-refractivity contribution in [3.05, 3.63) is 28.0 Å². The van der Waals surface area contributed by atoms with Crippen LogP contribution in [0.2, 0.25) is 0 Å². The van der Waals surface area contributed by atoms with Crippen molar-refractivity contribution in [2.24, 2.45) is 0 Å². The van der Waals surface area contributed by atoms with E-state index in [1.807, 2.05) is 17.8 Å². The van der Waals surface area contributed by atoms with Crippen LogP contribution in [0.25, 0.3) is 0 Å². The minimum absolute atomic E-state index is 0.130. The zero-order chi connectivity index (χ0) is 13.3. The maximum Gasteiger partial charge on any atom is 0.161 e. The van der Waals surface area contributed by atoms with Crippen LogP contribution in [0.15, 0.2) is 16.6 Å². The lowest BCUT2D eigenvalue weighted by atomic mass is 10.1. The molecule has 96 valence electrons. The van der Waals surface area contributed by atoms with Crippen molar-refractivity contribution in [3.8, 4) is 6.07 Å². The molecule has 0 amide bonds. The topological polar surface area (TPSA) is 27.0 Å². The third-order valence-electron chi connectivity index (χ3n) is 2.95. The summed E-state index contributed by atoms with van der Waals surface area (Å²) in [7, 11) is 0. The molecule has 0 radical (unpaired) electrons. The summed E-state index contributed by atoms with van der Waals surface area (Å²) in [6, 6.07) is 5.34. The zero-order valence-electron chi connectivity index (χ0n) is 10.3. The molecule has 2 nitrogen and oxygen atoms in total. The molecule has 0 spiro atoms. The fraction of sp³-hybridized carbons (Fsp3) is 0.462. The second kappa shape index (κ2) is 5.10. The highest BCUT2D eigenvalue weighted by atomic mass is 79.9. The molecule has 0 atom stereocenters. The van der Waals surface area contributed by atoms with Gasteiger partial charge in [-0.2, -0.15) is 17.0 Å². The molecule has 1 saturated heterocycles. The van der Waals surface area contributed by atoms with E-state index in [0.717, 1.165) is 18.8 Å². The van der Waals surface area contributed by atoms with E-state index in [-0.39, 0.29) is 15.0 Å². The fourth-order valence-electron chi connectivity index (χ4n) is 2.09. The number of halogens is 2. The third kappa shape index (κ3) is 2.65. The smallest absolute Gasteiger partial charge is 0.161 e. The Bertz CT molecular complexity index is 510. The first-order valence-electron chi connectivity index (χ1n) is 5.71. The average Bonchev–Trinajstić information content (AvgIpc) is 2.31. The average molecular weight is 329 g/mol. The number of thioether (sulfide) groups is 1. The van der Waals surface area contributed by atoms with Crippen molar-refractivity contribution >= 4 is 33.4 Å². The van der Waals surface area contributed by atoms with E-state index in [1.165, 1.54) is 0 Å². The Hall–Kier alpha value is -0.730. The molecule has 1 aliphatic rings. The SMILES string of the molecule is CC1(C)CN(c2ccc(C#N)c(Br)c2F)CCS1. The van der Waals surface area contributed by atoms with Crippen molar-refractivity contribution in [1.29, 1.82) is 5.26 Å². The van der Waals surface area contributed by atoms with Gasteiger partial charge in [-0.3, -0.25) is 0 Å². The Kier molecular flexibility index (Phi) is 3.88. The molecule has 0 unspecified atom stereocenters. The summed E-state index contributed by atoms with van der Waals surface area (Å²) < 4.78 is 14.6. The van der Waals surface area contributed by atoms with Gasteiger partial charge < -0.3 is 4.90 Å². The van der Waals surface area contributed by atoms with Gasteiger partial charge in [-0.25, -0.2) is 4.39 Å². The Morgan fingerprint density at radius 2 is 2.22 bits per heavy atom. The number of hydrogen-bond acceptors (Lipinski definition) is 3. The van der Waals surface area contributed by atoms with E-state index >= 15 is 0 Å². The lowest BCUT2D eigenvalue weighted by Crippen LogP contribution is -2.43. The first kappa shape index (κ1) is 13.7. The number of rotatable bonds is 1. The van der Waals surface area contributed by atoms with Crippen LogP contribution in [0.4, 0.5) is 10.1 Å². The zero-order valence-corrected chi connectivity index (χ0v) is 12.7. The molecule has 1 fully saturated rings. The summed E-state index contributed by atoms with van der Waals surface area (Å²) in [5.74, 6) is 0.654. The molecule has 2 rings (SSSR count).